The van der Waals surface area contributed by atoms with Crippen LogP contribution in [0.3, 0.4) is 0 Å². The molecular formula is C20H17F3N2O2. The number of rotatable bonds is 4. The molecule has 0 aliphatic heterocycles. The van der Waals surface area contributed by atoms with Crippen molar-refractivity contribution in [3.63, 3.8) is 0 Å². The lowest BCUT2D eigenvalue weighted by Crippen LogP contribution is -2.05. The molecule has 2 aromatic carbocycles. The van der Waals surface area contributed by atoms with Crippen LogP contribution in [0.15, 0.2) is 54.6 Å². The average Bonchev–Trinajstić information content (AvgIpc) is 3.07. The number of hydrogen-bond acceptors (Lipinski definition) is 3. The van der Waals surface area contributed by atoms with Crippen LogP contribution in [0.25, 0.3) is 22.5 Å². The largest absolute Gasteiger partial charge is 0.462 e. The summed E-state index contributed by atoms with van der Waals surface area (Å²) in [5.41, 5.74) is 8.07. The average molecular weight is 374 g/mol. The number of benzene rings is 2. The van der Waals surface area contributed by atoms with Gasteiger partial charge in [-0.05, 0) is 36.8 Å². The van der Waals surface area contributed by atoms with Gasteiger partial charge in [-0.25, -0.2) is 4.79 Å². The summed E-state index contributed by atoms with van der Waals surface area (Å²) in [6.07, 6.45) is -4.41. The third kappa shape index (κ3) is 3.81. The zero-order chi connectivity index (χ0) is 19.6. The summed E-state index contributed by atoms with van der Waals surface area (Å²) >= 11 is 0. The van der Waals surface area contributed by atoms with E-state index in [1.54, 1.807) is 37.3 Å². The lowest BCUT2D eigenvalue weighted by molar-refractivity contribution is -0.137. The third-order valence-electron chi connectivity index (χ3n) is 4.07. The number of para-hydroxylation sites is 1. The Morgan fingerprint density at radius 2 is 1.78 bits per heavy atom. The molecule has 27 heavy (non-hydrogen) atoms. The van der Waals surface area contributed by atoms with Gasteiger partial charge in [-0.15, -0.1) is 0 Å². The molecule has 0 bridgehead atoms. The number of anilines is 1. The zero-order valence-corrected chi connectivity index (χ0v) is 14.4. The maximum Gasteiger partial charge on any atom is 0.416 e. The molecule has 3 N–H and O–H groups in total. The number of halogens is 3. The SMILES string of the molecule is CCOC(=O)c1cc(-c2ccc(C(F)(F)F)cc2)[nH]c1-c1ccccc1N. The number of carbonyl (C=O) groups is 1. The lowest BCUT2D eigenvalue weighted by Gasteiger charge is -2.07. The zero-order valence-electron chi connectivity index (χ0n) is 14.4. The van der Waals surface area contributed by atoms with Gasteiger partial charge in [0.15, 0.2) is 0 Å². The second-order valence-corrected chi connectivity index (χ2v) is 5.85. The van der Waals surface area contributed by atoms with Crippen molar-refractivity contribution in [2.24, 2.45) is 0 Å². The molecule has 4 nitrogen and oxygen atoms in total. The first-order valence-electron chi connectivity index (χ1n) is 8.24. The molecule has 1 heterocycles. The van der Waals surface area contributed by atoms with Crippen LogP contribution < -0.4 is 5.73 Å². The number of alkyl halides is 3. The van der Waals surface area contributed by atoms with E-state index in [4.69, 9.17) is 10.5 Å². The van der Waals surface area contributed by atoms with Crippen LogP contribution in [-0.2, 0) is 10.9 Å². The molecule has 0 aliphatic rings. The van der Waals surface area contributed by atoms with Crippen LogP contribution in [0.4, 0.5) is 18.9 Å². The topological polar surface area (TPSA) is 68.1 Å². The van der Waals surface area contributed by atoms with Crippen molar-refractivity contribution < 1.29 is 22.7 Å². The highest BCUT2D eigenvalue weighted by atomic mass is 19.4. The number of esters is 1. The van der Waals surface area contributed by atoms with Gasteiger partial charge in [-0.1, -0.05) is 30.3 Å². The van der Waals surface area contributed by atoms with Gasteiger partial charge in [0.05, 0.1) is 23.4 Å². The molecule has 0 unspecified atom stereocenters. The van der Waals surface area contributed by atoms with Gasteiger partial charge in [0.25, 0.3) is 0 Å². The monoisotopic (exact) mass is 374 g/mol. The maximum absolute atomic E-state index is 12.8. The van der Waals surface area contributed by atoms with Gasteiger partial charge >= 0.3 is 12.1 Å². The fourth-order valence-electron chi connectivity index (χ4n) is 2.76. The highest BCUT2D eigenvalue weighted by Crippen LogP contribution is 2.34. The Balaban J connectivity index is 2.09. The minimum atomic E-state index is -4.41. The molecule has 0 saturated carbocycles. The fourth-order valence-corrected chi connectivity index (χ4v) is 2.76. The Labute approximate surface area is 153 Å². The summed E-state index contributed by atoms with van der Waals surface area (Å²) in [6, 6.07) is 13.2. The normalized spacial score (nSPS) is 11.4. The second-order valence-electron chi connectivity index (χ2n) is 5.85. The third-order valence-corrected chi connectivity index (χ3v) is 4.07. The van der Waals surface area contributed by atoms with Crippen molar-refractivity contribution in [2.75, 3.05) is 12.3 Å². The molecule has 3 aromatic rings. The molecule has 0 fully saturated rings. The fraction of sp³-hybridized carbons (Fsp3) is 0.150. The highest BCUT2D eigenvalue weighted by molar-refractivity contribution is 5.99. The van der Waals surface area contributed by atoms with Gasteiger partial charge in [-0.2, -0.15) is 13.2 Å². The Kier molecular flexibility index (Phi) is 4.94. The molecule has 140 valence electrons. The van der Waals surface area contributed by atoms with E-state index in [0.29, 0.717) is 28.2 Å². The van der Waals surface area contributed by atoms with Gasteiger partial charge in [0.1, 0.15) is 0 Å². The van der Waals surface area contributed by atoms with Crippen LogP contribution >= 0.6 is 0 Å². The first kappa shape index (κ1) is 18.6. The molecule has 0 saturated heterocycles. The Bertz CT molecular complexity index is 960. The second kappa shape index (κ2) is 7.19. The van der Waals surface area contributed by atoms with Gasteiger partial charge < -0.3 is 15.5 Å². The predicted molar refractivity (Wildman–Crippen MR) is 97.0 cm³/mol. The quantitative estimate of drug-likeness (QED) is 0.492. The Morgan fingerprint density at radius 1 is 1.11 bits per heavy atom. The van der Waals surface area contributed by atoms with Crippen LogP contribution in [0.2, 0.25) is 0 Å². The van der Waals surface area contributed by atoms with Crippen molar-refractivity contribution in [3.05, 3.63) is 65.7 Å². The summed E-state index contributed by atoms with van der Waals surface area (Å²) in [4.78, 5) is 15.4. The molecule has 0 spiro atoms. The standard InChI is InChI=1S/C20H17F3N2O2/c1-2-27-19(26)15-11-17(12-7-9-13(10-8-12)20(21,22)23)25-18(15)14-5-3-4-6-16(14)24/h3-11,25H,2,24H2,1H3. The smallest absolute Gasteiger partial charge is 0.416 e. The van der Waals surface area contributed by atoms with Crippen molar-refractivity contribution in [1.82, 2.24) is 4.98 Å². The van der Waals surface area contributed by atoms with Crippen molar-refractivity contribution >= 4 is 11.7 Å². The van der Waals surface area contributed by atoms with Gasteiger partial charge in [-0.3, -0.25) is 0 Å². The summed E-state index contributed by atoms with van der Waals surface area (Å²) in [5, 5.41) is 0. The van der Waals surface area contributed by atoms with E-state index in [1.165, 1.54) is 12.1 Å². The summed E-state index contributed by atoms with van der Waals surface area (Å²) in [6.45, 7) is 1.89. The number of carbonyl (C=O) groups excluding carboxylic acids is 1. The van der Waals surface area contributed by atoms with E-state index in [-0.39, 0.29) is 12.2 Å². The predicted octanol–water partition coefficient (Wildman–Crippen LogP) is 5.13. The molecule has 0 atom stereocenters. The molecule has 0 radical (unpaired) electrons. The molecule has 0 aliphatic carbocycles. The van der Waals surface area contributed by atoms with Crippen LogP contribution in [0.5, 0.6) is 0 Å². The Morgan fingerprint density at radius 3 is 2.37 bits per heavy atom. The number of nitrogens with one attached hydrogen (secondary N) is 1. The van der Waals surface area contributed by atoms with E-state index in [2.05, 4.69) is 4.98 Å². The molecular weight excluding hydrogens is 357 g/mol. The van der Waals surface area contributed by atoms with Crippen molar-refractivity contribution in [1.29, 1.82) is 0 Å². The summed E-state index contributed by atoms with van der Waals surface area (Å²) in [7, 11) is 0. The molecule has 3 rings (SSSR count). The number of nitrogen functional groups attached to an aromatic ring is 1. The van der Waals surface area contributed by atoms with Crippen LogP contribution in [0, 0.1) is 0 Å². The number of ether oxygens (including phenoxy) is 1. The van der Waals surface area contributed by atoms with E-state index in [9.17, 15) is 18.0 Å². The number of H-pyrrole nitrogens is 1. The number of nitrogens with two attached hydrogens (primary N) is 1. The molecule has 7 heteroatoms. The van der Waals surface area contributed by atoms with E-state index in [0.717, 1.165) is 12.1 Å². The van der Waals surface area contributed by atoms with Crippen molar-refractivity contribution in [3.8, 4) is 22.5 Å². The van der Waals surface area contributed by atoms with E-state index < -0.39 is 17.7 Å². The first-order chi connectivity index (χ1) is 12.8. The highest BCUT2D eigenvalue weighted by Gasteiger charge is 2.30. The van der Waals surface area contributed by atoms with Crippen LogP contribution in [0.1, 0.15) is 22.8 Å². The Hall–Kier alpha value is -3.22. The number of hydrogen-bond donors (Lipinski definition) is 2. The molecule has 1 aromatic heterocycles. The lowest BCUT2D eigenvalue weighted by atomic mass is 10.1. The van der Waals surface area contributed by atoms with E-state index in [1.807, 2.05) is 0 Å². The maximum atomic E-state index is 12.8. The summed E-state index contributed by atoms with van der Waals surface area (Å²) < 4.78 is 43.4. The first-order valence-corrected chi connectivity index (χ1v) is 8.24. The van der Waals surface area contributed by atoms with Crippen LogP contribution in [-0.4, -0.2) is 17.6 Å². The minimum Gasteiger partial charge on any atom is -0.462 e. The van der Waals surface area contributed by atoms with E-state index >= 15 is 0 Å². The van der Waals surface area contributed by atoms with Gasteiger partial charge in [0, 0.05) is 16.9 Å². The van der Waals surface area contributed by atoms with Gasteiger partial charge in [0.2, 0.25) is 0 Å². The number of aromatic nitrogens is 1. The summed E-state index contributed by atoms with van der Waals surface area (Å²) in [5.74, 6) is -0.537. The number of aromatic amines is 1. The minimum absolute atomic E-state index is 0.198. The van der Waals surface area contributed by atoms with Crippen molar-refractivity contribution in [2.45, 2.75) is 13.1 Å². The molecule has 0 amide bonds.